The molecule has 1 heterocycles. The van der Waals surface area contributed by atoms with E-state index < -0.39 is 5.91 Å². The molecule has 0 fully saturated rings. The van der Waals surface area contributed by atoms with Crippen LogP contribution in [-0.4, -0.2) is 11.7 Å². The molecule has 0 aliphatic rings. The molecule has 1 amide bonds. The first-order valence-corrected chi connectivity index (χ1v) is 5.96. The Morgan fingerprint density at radius 3 is 2.93 bits per heavy atom. The molecule has 15 heavy (non-hydrogen) atoms. The van der Waals surface area contributed by atoms with E-state index in [2.05, 4.69) is 13.8 Å². The van der Waals surface area contributed by atoms with Crippen LogP contribution >= 0.6 is 11.8 Å². The summed E-state index contributed by atoms with van der Waals surface area (Å²) < 4.78 is 5.31. The van der Waals surface area contributed by atoms with E-state index in [4.69, 9.17) is 10.3 Å². The summed E-state index contributed by atoms with van der Waals surface area (Å²) in [7, 11) is 0. The van der Waals surface area contributed by atoms with Crippen LogP contribution in [0.3, 0.4) is 0 Å². The molecule has 1 rings (SSSR count). The van der Waals surface area contributed by atoms with Gasteiger partial charge in [0.1, 0.15) is 5.76 Å². The van der Waals surface area contributed by atoms with Crippen molar-refractivity contribution in [2.45, 2.75) is 19.6 Å². The third-order valence-electron chi connectivity index (χ3n) is 1.71. The van der Waals surface area contributed by atoms with Crippen molar-refractivity contribution in [2.75, 3.05) is 5.75 Å². The summed E-state index contributed by atoms with van der Waals surface area (Å²) in [5, 5.41) is 0. The molecule has 0 radical (unpaired) electrons. The van der Waals surface area contributed by atoms with Gasteiger partial charge in [0.15, 0.2) is 5.76 Å². The highest BCUT2D eigenvalue weighted by Crippen LogP contribution is 2.17. The number of carbonyl (C=O) groups is 1. The Labute approximate surface area is 93.6 Å². The first-order valence-electron chi connectivity index (χ1n) is 4.81. The summed E-state index contributed by atoms with van der Waals surface area (Å²) in [4.78, 5) is 11.1. The van der Waals surface area contributed by atoms with Gasteiger partial charge in [0, 0.05) is 0 Å². The molecular formula is C10H16N2O2S. The van der Waals surface area contributed by atoms with E-state index in [1.165, 1.54) is 0 Å². The number of nitrogens with one attached hydrogen (secondary N) is 1. The lowest BCUT2D eigenvalue weighted by atomic mass is 10.3. The minimum atomic E-state index is -0.393. The summed E-state index contributed by atoms with van der Waals surface area (Å²) in [6.07, 6.45) is 0. The van der Waals surface area contributed by atoms with E-state index in [9.17, 15) is 4.79 Å². The zero-order chi connectivity index (χ0) is 11.3. The molecule has 0 aliphatic carbocycles. The van der Waals surface area contributed by atoms with Crippen LogP contribution in [-0.2, 0) is 5.75 Å². The predicted octanol–water partition coefficient (Wildman–Crippen LogP) is 1.77. The van der Waals surface area contributed by atoms with Gasteiger partial charge in [0.25, 0.3) is 0 Å². The molecule has 0 atom stereocenters. The summed E-state index contributed by atoms with van der Waals surface area (Å²) in [5.41, 5.74) is 2.03. The number of amides is 1. The summed E-state index contributed by atoms with van der Waals surface area (Å²) in [6.45, 7) is 4.34. The van der Waals surface area contributed by atoms with Gasteiger partial charge in [-0.1, -0.05) is 13.8 Å². The SMILES string of the molecule is CC(C)CSCc1ccc(C(=O)NN)o1. The maximum Gasteiger partial charge on any atom is 0.300 e. The van der Waals surface area contributed by atoms with Crippen LogP contribution in [0.4, 0.5) is 0 Å². The maximum absolute atomic E-state index is 11.1. The third-order valence-corrected chi connectivity index (χ3v) is 3.10. The lowest BCUT2D eigenvalue weighted by Crippen LogP contribution is -2.29. The van der Waals surface area contributed by atoms with E-state index in [0.717, 1.165) is 17.3 Å². The highest BCUT2D eigenvalue weighted by molar-refractivity contribution is 7.98. The Balaban J connectivity index is 2.43. The number of hydrogen-bond acceptors (Lipinski definition) is 4. The molecule has 0 unspecified atom stereocenters. The van der Waals surface area contributed by atoms with Gasteiger partial charge in [-0.2, -0.15) is 11.8 Å². The first kappa shape index (κ1) is 12.1. The fourth-order valence-corrected chi connectivity index (χ4v) is 1.99. The molecule has 1 aromatic rings. The molecule has 0 aliphatic heterocycles. The molecule has 0 bridgehead atoms. The number of nitrogen functional groups attached to an aromatic ring is 1. The predicted molar refractivity (Wildman–Crippen MR) is 61.4 cm³/mol. The van der Waals surface area contributed by atoms with E-state index in [0.29, 0.717) is 5.92 Å². The molecule has 0 saturated heterocycles. The number of thioether (sulfide) groups is 1. The summed E-state index contributed by atoms with van der Waals surface area (Å²) in [6, 6.07) is 3.44. The van der Waals surface area contributed by atoms with Crippen molar-refractivity contribution in [3.8, 4) is 0 Å². The highest BCUT2D eigenvalue weighted by atomic mass is 32.2. The van der Waals surface area contributed by atoms with Gasteiger partial charge in [-0.15, -0.1) is 0 Å². The van der Waals surface area contributed by atoms with Crippen molar-refractivity contribution in [3.05, 3.63) is 23.7 Å². The second-order valence-electron chi connectivity index (χ2n) is 3.65. The topological polar surface area (TPSA) is 68.3 Å². The van der Waals surface area contributed by atoms with Gasteiger partial charge >= 0.3 is 5.91 Å². The van der Waals surface area contributed by atoms with Crippen molar-refractivity contribution in [2.24, 2.45) is 11.8 Å². The van der Waals surface area contributed by atoms with Gasteiger partial charge in [-0.05, 0) is 23.8 Å². The number of rotatable bonds is 5. The Hall–Kier alpha value is -0.940. The molecule has 0 saturated carbocycles. The van der Waals surface area contributed by atoms with Crippen molar-refractivity contribution < 1.29 is 9.21 Å². The third kappa shape index (κ3) is 3.97. The molecule has 4 nitrogen and oxygen atoms in total. The van der Waals surface area contributed by atoms with E-state index >= 15 is 0 Å². The van der Waals surface area contributed by atoms with Crippen LogP contribution in [0, 0.1) is 5.92 Å². The Morgan fingerprint density at radius 1 is 1.60 bits per heavy atom. The summed E-state index contributed by atoms with van der Waals surface area (Å²) in [5.74, 6) is 8.20. The quantitative estimate of drug-likeness (QED) is 0.458. The lowest BCUT2D eigenvalue weighted by molar-refractivity contribution is 0.0924. The zero-order valence-electron chi connectivity index (χ0n) is 8.95. The van der Waals surface area contributed by atoms with Crippen molar-refractivity contribution in [3.63, 3.8) is 0 Å². The molecule has 3 N–H and O–H groups in total. The number of carbonyl (C=O) groups excluding carboxylic acids is 1. The van der Waals surface area contributed by atoms with Crippen LogP contribution in [0.5, 0.6) is 0 Å². The lowest BCUT2D eigenvalue weighted by Gasteiger charge is -2.01. The van der Waals surface area contributed by atoms with Crippen LogP contribution < -0.4 is 11.3 Å². The molecule has 5 heteroatoms. The molecule has 0 spiro atoms. The first-order chi connectivity index (χ1) is 7.13. The van der Waals surface area contributed by atoms with Gasteiger partial charge in [-0.25, -0.2) is 5.84 Å². The van der Waals surface area contributed by atoms with Gasteiger partial charge in [0.2, 0.25) is 0 Å². The normalized spacial score (nSPS) is 10.7. The second-order valence-corrected chi connectivity index (χ2v) is 4.68. The van der Waals surface area contributed by atoms with Crippen molar-refractivity contribution >= 4 is 17.7 Å². The van der Waals surface area contributed by atoms with Gasteiger partial charge in [-0.3, -0.25) is 10.2 Å². The second kappa shape index (κ2) is 5.82. The number of furan rings is 1. The van der Waals surface area contributed by atoms with E-state index in [1.807, 2.05) is 5.43 Å². The Bertz CT molecular complexity index is 323. The zero-order valence-corrected chi connectivity index (χ0v) is 9.76. The van der Waals surface area contributed by atoms with Crippen LogP contribution in [0.25, 0.3) is 0 Å². The monoisotopic (exact) mass is 228 g/mol. The standard InChI is InChI=1S/C10H16N2O2S/c1-7(2)5-15-6-8-3-4-9(14-8)10(13)12-11/h3-4,7H,5-6,11H2,1-2H3,(H,12,13). The molecule has 0 aromatic carbocycles. The Morgan fingerprint density at radius 2 is 2.33 bits per heavy atom. The van der Waals surface area contributed by atoms with Crippen molar-refractivity contribution in [1.82, 2.24) is 5.43 Å². The Kier molecular flexibility index (Phi) is 4.71. The van der Waals surface area contributed by atoms with Crippen molar-refractivity contribution in [1.29, 1.82) is 0 Å². The highest BCUT2D eigenvalue weighted by Gasteiger charge is 2.09. The number of hydrazine groups is 1. The number of hydrogen-bond donors (Lipinski definition) is 2. The van der Waals surface area contributed by atoms with Gasteiger partial charge in [0.05, 0.1) is 5.75 Å². The minimum Gasteiger partial charge on any atom is -0.455 e. The average molecular weight is 228 g/mol. The fraction of sp³-hybridized carbons (Fsp3) is 0.500. The molecule has 84 valence electrons. The largest absolute Gasteiger partial charge is 0.455 e. The minimum absolute atomic E-state index is 0.262. The maximum atomic E-state index is 11.1. The number of nitrogens with two attached hydrogens (primary N) is 1. The van der Waals surface area contributed by atoms with Crippen LogP contribution in [0.2, 0.25) is 0 Å². The van der Waals surface area contributed by atoms with Crippen LogP contribution in [0.15, 0.2) is 16.5 Å². The average Bonchev–Trinajstić information content (AvgIpc) is 2.65. The molecular weight excluding hydrogens is 212 g/mol. The molecule has 1 aromatic heterocycles. The van der Waals surface area contributed by atoms with E-state index in [1.54, 1.807) is 23.9 Å². The van der Waals surface area contributed by atoms with Gasteiger partial charge < -0.3 is 4.42 Å². The van der Waals surface area contributed by atoms with Crippen LogP contribution in [0.1, 0.15) is 30.2 Å². The smallest absolute Gasteiger partial charge is 0.300 e. The van der Waals surface area contributed by atoms with E-state index in [-0.39, 0.29) is 5.76 Å². The summed E-state index contributed by atoms with van der Waals surface area (Å²) >= 11 is 1.79. The fourth-order valence-electron chi connectivity index (χ4n) is 1.04.